The van der Waals surface area contributed by atoms with Crippen molar-refractivity contribution in [2.75, 3.05) is 0 Å². The van der Waals surface area contributed by atoms with Gasteiger partial charge in [0.1, 0.15) is 5.15 Å². The Labute approximate surface area is 131 Å². The lowest BCUT2D eigenvalue weighted by molar-refractivity contribution is -0.117. The van der Waals surface area contributed by atoms with Crippen molar-refractivity contribution >= 4 is 23.6 Å². The standard InChI is InChI=1S/C16H24ClN3O/c1-11(2)10-20-16(17)14(12(3)19-20)8-9-15(21)18-13-6-4-5-7-13/h8-9,11,13H,4-7,10H2,1-3H3,(H,18,21)/b9-8+. The molecule has 0 spiro atoms. The van der Waals surface area contributed by atoms with Gasteiger partial charge in [0.05, 0.1) is 5.69 Å². The van der Waals surface area contributed by atoms with Crippen LogP contribution in [0, 0.1) is 12.8 Å². The highest BCUT2D eigenvalue weighted by Gasteiger charge is 2.16. The van der Waals surface area contributed by atoms with Crippen LogP contribution in [-0.4, -0.2) is 21.7 Å². The quantitative estimate of drug-likeness (QED) is 0.845. The molecule has 0 aromatic carbocycles. The van der Waals surface area contributed by atoms with Gasteiger partial charge in [-0.25, -0.2) is 0 Å². The molecule has 116 valence electrons. The SMILES string of the molecule is Cc1nn(CC(C)C)c(Cl)c1/C=C/C(=O)NC1CCCC1. The molecule has 1 aromatic heterocycles. The molecule has 4 nitrogen and oxygen atoms in total. The molecule has 1 aromatic rings. The third-order valence-electron chi connectivity index (χ3n) is 3.75. The summed E-state index contributed by atoms with van der Waals surface area (Å²) in [5, 5.41) is 8.07. The van der Waals surface area contributed by atoms with Gasteiger partial charge < -0.3 is 5.32 Å². The van der Waals surface area contributed by atoms with E-state index in [4.69, 9.17) is 11.6 Å². The van der Waals surface area contributed by atoms with Crippen molar-refractivity contribution in [2.24, 2.45) is 5.92 Å². The Morgan fingerprint density at radius 3 is 2.76 bits per heavy atom. The number of rotatable bonds is 5. The molecule has 0 bridgehead atoms. The van der Waals surface area contributed by atoms with E-state index in [0.717, 1.165) is 30.6 Å². The largest absolute Gasteiger partial charge is 0.350 e. The van der Waals surface area contributed by atoms with Crippen molar-refractivity contribution in [3.63, 3.8) is 0 Å². The molecule has 0 aliphatic heterocycles. The number of nitrogens with zero attached hydrogens (tertiary/aromatic N) is 2. The van der Waals surface area contributed by atoms with Crippen LogP contribution in [0.25, 0.3) is 6.08 Å². The third kappa shape index (κ3) is 4.34. The second kappa shape index (κ2) is 7.12. The molecule has 5 heteroatoms. The number of hydrogen-bond acceptors (Lipinski definition) is 2. The number of carbonyl (C=O) groups is 1. The van der Waals surface area contributed by atoms with E-state index in [2.05, 4.69) is 24.3 Å². The minimum Gasteiger partial charge on any atom is -0.350 e. The first kappa shape index (κ1) is 16.1. The van der Waals surface area contributed by atoms with E-state index in [0.29, 0.717) is 17.1 Å². The number of nitrogens with one attached hydrogen (secondary N) is 1. The normalized spacial score (nSPS) is 16.2. The fraction of sp³-hybridized carbons (Fsp3) is 0.625. The summed E-state index contributed by atoms with van der Waals surface area (Å²) in [7, 11) is 0. The highest BCUT2D eigenvalue weighted by Crippen LogP contribution is 2.22. The lowest BCUT2D eigenvalue weighted by atomic mass is 10.2. The van der Waals surface area contributed by atoms with Crippen molar-refractivity contribution in [3.8, 4) is 0 Å². The molecular formula is C16H24ClN3O. The van der Waals surface area contributed by atoms with Gasteiger partial charge in [-0.3, -0.25) is 9.48 Å². The highest BCUT2D eigenvalue weighted by molar-refractivity contribution is 6.31. The van der Waals surface area contributed by atoms with Crippen LogP contribution in [0.4, 0.5) is 0 Å². The van der Waals surface area contributed by atoms with Crippen molar-refractivity contribution in [2.45, 2.75) is 59.0 Å². The summed E-state index contributed by atoms with van der Waals surface area (Å²) in [5.74, 6) is 0.429. The fourth-order valence-corrected chi connectivity index (χ4v) is 3.01. The Morgan fingerprint density at radius 1 is 1.48 bits per heavy atom. The molecule has 1 aliphatic carbocycles. The molecule has 1 amide bonds. The van der Waals surface area contributed by atoms with Crippen LogP contribution in [0.5, 0.6) is 0 Å². The summed E-state index contributed by atoms with van der Waals surface area (Å²) in [6, 6.07) is 0.336. The van der Waals surface area contributed by atoms with Gasteiger partial charge in [0.25, 0.3) is 0 Å². The van der Waals surface area contributed by atoms with Gasteiger partial charge in [0, 0.05) is 24.2 Å². The first-order valence-electron chi connectivity index (χ1n) is 7.69. The molecule has 1 fully saturated rings. The number of aromatic nitrogens is 2. The molecule has 0 atom stereocenters. The summed E-state index contributed by atoms with van der Waals surface area (Å²) >= 11 is 6.34. The molecule has 2 rings (SSSR count). The van der Waals surface area contributed by atoms with Crippen LogP contribution in [0.2, 0.25) is 5.15 Å². The first-order valence-corrected chi connectivity index (χ1v) is 8.06. The van der Waals surface area contributed by atoms with E-state index < -0.39 is 0 Å². The van der Waals surface area contributed by atoms with Gasteiger partial charge in [-0.05, 0) is 31.8 Å². The maximum absolute atomic E-state index is 11.9. The van der Waals surface area contributed by atoms with Crippen molar-refractivity contribution < 1.29 is 4.79 Å². The Bertz CT molecular complexity index is 528. The molecule has 1 heterocycles. The third-order valence-corrected chi connectivity index (χ3v) is 4.15. The Hall–Kier alpha value is -1.29. The second-order valence-corrected chi connectivity index (χ2v) is 6.55. The molecule has 0 unspecified atom stereocenters. The Kier molecular flexibility index (Phi) is 5.45. The zero-order chi connectivity index (χ0) is 15.4. The van der Waals surface area contributed by atoms with Crippen molar-refractivity contribution in [3.05, 3.63) is 22.5 Å². The van der Waals surface area contributed by atoms with E-state index in [9.17, 15) is 4.79 Å². The van der Waals surface area contributed by atoms with Crippen LogP contribution in [0.1, 0.15) is 50.8 Å². The summed E-state index contributed by atoms with van der Waals surface area (Å²) in [6.45, 7) is 6.94. The molecular weight excluding hydrogens is 286 g/mol. The maximum Gasteiger partial charge on any atom is 0.244 e. The van der Waals surface area contributed by atoms with Gasteiger partial charge in [-0.1, -0.05) is 38.3 Å². The van der Waals surface area contributed by atoms with E-state index in [-0.39, 0.29) is 5.91 Å². The number of hydrogen-bond donors (Lipinski definition) is 1. The first-order chi connectivity index (χ1) is 9.97. The smallest absolute Gasteiger partial charge is 0.244 e. The Morgan fingerprint density at radius 2 is 2.14 bits per heavy atom. The van der Waals surface area contributed by atoms with E-state index in [1.807, 2.05) is 6.92 Å². The molecule has 0 radical (unpaired) electrons. The minimum absolute atomic E-state index is 0.0472. The van der Waals surface area contributed by atoms with Crippen LogP contribution in [-0.2, 0) is 11.3 Å². The second-order valence-electron chi connectivity index (χ2n) is 6.19. The van der Waals surface area contributed by atoms with E-state index in [1.54, 1.807) is 16.8 Å². The molecule has 1 saturated carbocycles. The van der Waals surface area contributed by atoms with E-state index >= 15 is 0 Å². The maximum atomic E-state index is 11.9. The minimum atomic E-state index is -0.0472. The number of amides is 1. The average molecular weight is 310 g/mol. The monoisotopic (exact) mass is 309 g/mol. The zero-order valence-corrected chi connectivity index (χ0v) is 13.8. The van der Waals surface area contributed by atoms with E-state index in [1.165, 1.54) is 12.8 Å². The average Bonchev–Trinajstić information content (AvgIpc) is 2.97. The summed E-state index contributed by atoms with van der Waals surface area (Å²) in [4.78, 5) is 11.9. The van der Waals surface area contributed by atoms with Crippen LogP contribution >= 0.6 is 11.6 Å². The van der Waals surface area contributed by atoms with Gasteiger partial charge in [0.2, 0.25) is 5.91 Å². The van der Waals surface area contributed by atoms with Crippen molar-refractivity contribution in [1.29, 1.82) is 0 Å². The summed E-state index contributed by atoms with van der Waals surface area (Å²) in [6.07, 6.45) is 7.93. The summed E-state index contributed by atoms with van der Waals surface area (Å²) < 4.78 is 1.80. The molecule has 0 saturated heterocycles. The van der Waals surface area contributed by atoms with Crippen LogP contribution in [0.15, 0.2) is 6.08 Å². The predicted molar refractivity (Wildman–Crippen MR) is 86.2 cm³/mol. The molecule has 21 heavy (non-hydrogen) atoms. The molecule has 1 N–H and O–H groups in total. The number of aryl methyl sites for hydroxylation is 1. The van der Waals surface area contributed by atoms with Gasteiger partial charge in [-0.15, -0.1) is 0 Å². The predicted octanol–water partition coefficient (Wildman–Crippen LogP) is 3.57. The molecule has 1 aliphatic rings. The van der Waals surface area contributed by atoms with Crippen molar-refractivity contribution in [1.82, 2.24) is 15.1 Å². The topological polar surface area (TPSA) is 46.9 Å². The fourth-order valence-electron chi connectivity index (χ4n) is 2.70. The van der Waals surface area contributed by atoms with Gasteiger partial charge in [-0.2, -0.15) is 5.10 Å². The lowest BCUT2D eigenvalue weighted by Gasteiger charge is -2.09. The lowest BCUT2D eigenvalue weighted by Crippen LogP contribution is -2.30. The van der Waals surface area contributed by atoms with Gasteiger partial charge in [0.15, 0.2) is 0 Å². The number of carbonyl (C=O) groups excluding carboxylic acids is 1. The number of halogens is 1. The van der Waals surface area contributed by atoms with Crippen LogP contribution < -0.4 is 5.32 Å². The summed E-state index contributed by atoms with van der Waals surface area (Å²) in [5.41, 5.74) is 1.68. The highest BCUT2D eigenvalue weighted by atomic mass is 35.5. The Balaban J connectivity index is 2.02. The van der Waals surface area contributed by atoms with Gasteiger partial charge >= 0.3 is 0 Å². The van der Waals surface area contributed by atoms with Crippen LogP contribution in [0.3, 0.4) is 0 Å². The zero-order valence-electron chi connectivity index (χ0n) is 13.0.